The highest BCUT2D eigenvalue weighted by Gasteiger charge is 2.58. The summed E-state index contributed by atoms with van der Waals surface area (Å²) in [6.07, 6.45) is 5.65. The molecule has 6 nitrogen and oxygen atoms in total. The van der Waals surface area contributed by atoms with E-state index < -0.39 is 0 Å². The van der Waals surface area contributed by atoms with Gasteiger partial charge in [0, 0.05) is 35.8 Å². The molecule has 176 valence electrons. The van der Waals surface area contributed by atoms with Crippen molar-refractivity contribution in [2.24, 2.45) is 22.2 Å². The molecule has 6 rings (SSSR count). The molecule has 1 aliphatic heterocycles. The number of ketones is 1. The zero-order chi connectivity index (χ0) is 23.4. The molecule has 0 bridgehead atoms. The minimum Gasteiger partial charge on any atom is -0.354 e. The molecule has 4 fully saturated rings. The minimum absolute atomic E-state index is 0.109. The van der Waals surface area contributed by atoms with Crippen LogP contribution in [-0.2, 0) is 0 Å². The first-order valence-corrected chi connectivity index (χ1v) is 12.7. The second-order valence-corrected chi connectivity index (χ2v) is 10.8. The van der Waals surface area contributed by atoms with Crippen LogP contribution in [0.2, 0.25) is 5.02 Å². The Morgan fingerprint density at radius 3 is 2.56 bits per heavy atom. The smallest absolute Gasteiger partial charge is 0.280 e. The maximum Gasteiger partial charge on any atom is 0.280 e. The number of halogens is 1. The number of nitrogens with one attached hydrogen (secondary N) is 3. The third-order valence-electron chi connectivity index (χ3n) is 7.83. The highest BCUT2D eigenvalue weighted by Crippen LogP contribution is 2.64. The molecule has 2 aromatic rings. The van der Waals surface area contributed by atoms with Gasteiger partial charge >= 0.3 is 0 Å². The van der Waals surface area contributed by atoms with Crippen LogP contribution in [0.5, 0.6) is 0 Å². The molecule has 7 heteroatoms. The van der Waals surface area contributed by atoms with Crippen LogP contribution in [0.3, 0.4) is 0 Å². The van der Waals surface area contributed by atoms with E-state index in [4.69, 9.17) is 11.6 Å². The Bertz CT molecular complexity index is 1210. The van der Waals surface area contributed by atoms with Crippen LogP contribution in [0.15, 0.2) is 41.4 Å². The van der Waals surface area contributed by atoms with Crippen LogP contribution in [0, 0.1) is 17.3 Å². The third-order valence-corrected chi connectivity index (χ3v) is 8.24. The normalized spacial score (nSPS) is 24.1. The fourth-order valence-electron chi connectivity index (χ4n) is 5.20. The zero-order valence-electron chi connectivity index (χ0n) is 19.3. The maximum atomic E-state index is 13.2. The van der Waals surface area contributed by atoms with E-state index in [0.29, 0.717) is 39.4 Å². The molecule has 0 spiro atoms. The highest BCUT2D eigenvalue weighted by atomic mass is 35.5. The molecule has 3 N–H and O–H groups in total. The van der Waals surface area contributed by atoms with Gasteiger partial charge in [0.05, 0.1) is 10.7 Å². The van der Waals surface area contributed by atoms with Gasteiger partial charge in [-0.15, -0.1) is 0 Å². The quantitative estimate of drug-likeness (QED) is 0.474. The number of hydrogen-bond acceptors (Lipinski definition) is 3. The predicted molar refractivity (Wildman–Crippen MR) is 134 cm³/mol. The number of hydrogen-bond donors (Lipinski definition) is 3. The van der Waals surface area contributed by atoms with E-state index in [1.165, 1.54) is 12.8 Å². The Morgan fingerprint density at radius 2 is 1.85 bits per heavy atom. The topological polar surface area (TPSA) is 82.6 Å². The van der Waals surface area contributed by atoms with Gasteiger partial charge in [0.1, 0.15) is 0 Å². The summed E-state index contributed by atoms with van der Waals surface area (Å²) in [5.41, 5.74) is 4.29. The maximum absolute atomic E-state index is 13.2. The molecular weight excluding hydrogens is 448 g/mol. The summed E-state index contributed by atoms with van der Waals surface area (Å²) in [5, 5.41) is 10.1. The number of guanidine groups is 1. The molecule has 3 saturated carbocycles. The van der Waals surface area contributed by atoms with Crippen LogP contribution in [0.1, 0.15) is 71.2 Å². The van der Waals surface area contributed by atoms with Gasteiger partial charge in [-0.1, -0.05) is 24.6 Å². The highest BCUT2D eigenvalue weighted by molar-refractivity contribution is 6.36. The van der Waals surface area contributed by atoms with Gasteiger partial charge in [0.2, 0.25) is 0 Å². The Kier molecular flexibility index (Phi) is 5.17. The molecule has 1 amide bonds. The predicted octanol–water partition coefficient (Wildman–Crippen LogP) is 5.27. The van der Waals surface area contributed by atoms with Gasteiger partial charge < -0.3 is 16.0 Å². The van der Waals surface area contributed by atoms with Gasteiger partial charge in [-0.25, -0.2) is 0 Å². The largest absolute Gasteiger partial charge is 0.354 e. The zero-order valence-corrected chi connectivity index (χ0v) is 20.0. The van der Waals surface area contributed by atoms with Crippen LogP contribution in [0.4, 0.5) is 11.4 Å². The molecular formula is C27H29ClN4O2. The van der Waals surface area contributed by atoms with Crippen molar-refractivity contribution in [3.8, 4) is 0 Å². The number of benzene rings is 2. The van der Waals surface area contributed by atoms with E-state index >= 15 is 0 Å². The van der Waals surface area contributed by atoms with E-state index in [1.54, 1.807) is 6.07 Å². The number of amides is 1. The molecule has 0 aromatic heterocycles. The Morgan fingerprint density at radius 1 is 1.09 bits per heavy atom. The monoisotopic (exact) mass is 476 g/mol. The van der Waals surface area contributed by atoms with Gasteiger partial charge in [0.15, 0.2) is 11.7 Å². The van der Waals surface area contributed by atoms with Crippen molar-refractivity contribution >= 4 is 40.6 Å². The molecule has 34 heavy (non-hydrogen) atoms. The summed E-state index contributed by atoms with van der Waals surface area (Å²) >= 11 is 6.76. The molecule has 2 aromatic carbocycles. The van der Waals surface area contributed by atoms with Crippen molar-refractivity contribution in [1.29, 1.82) is 0 Å². The fourth-order valence-corrected chi connectivity index (χ4v) is 5.46. The van der Waals surface area contributed by atoms with Crippen molar-refractivity contribution in [3.05, 3.63) is 58.1 Å². The number of carbonyl (C=O) groups is 2. The van der Waals surface area contributed by atoms with Crippen molar-refractivity contribution in [3.63, 3.8) is 0 Å². The van der Waals surface area contributed by atoms with Gasteiger partial charge in [-0.05, 0) is 85.3 Å². The number of rotatable bonds is 7. The Labute approximate surface area is 204 Å². The number of nitrogens with zero attached hydrogens (tertiary/aromatic N) is 1. The SMILES string of the molecule is CC1(C2CC2C(=O)c2cccc(Nc3ccc(C(=O)N=C4NCCN4)cc3C3CC3)c2Cl)CC1. The Balaban J connectivity index is 1.24. The Hall–Kier alpha value is -2.86. The van der Waals surface area contributed by atoms with E-state index in [1.807, 2.05) is 30.3 Å². The number of Topliss-reactive ketones (excluding diaryl/α,β-unsaturated/α-hetero) is 1. The molecule has 0 radical (unpaired) electrons. The number of anilines is 2. The summed E-state index contributed by atoms with van der Waals surface area (Å²) < 4.78 is 0. The second kappa shape index (κ2) is 8.12. The van der Waals surface area contributed by atoms with E-state index in [-0.39, 0.29) is 17.6 Å². The average Bonchev–Trinajstić information content (AvgIpc) is 3.73. The summed E-state index contributed by atoms with van der Waals surface area (Å²) in [6.45, 7) is 3.84. The number of carbonyl (C=O) groups excluding carboxylic acids is 2. The number of aliphatic imine (C=N–C) groups is 1. The standard InChI is InChI=1S/C27H29ClN4O2/c1-27(9-10-27)20-14-19(20)24(33)17-3-2-4-22(23(17)28)31-21-8-7-16(13-18(21)15-5-6-15)25(34)32-26-29-11-12-30-26/h2-4,7-8,13,15,19-20,31H,5-6,9-12,14H2,1H3,(H2,29,30,32,34). The summed E-state index contributed by atoms with van der Waals surface area (Å²) in [7, 11) is 0. The molecule has 3 aliphatic carbocycles. The lowest BCUT2D eigenvalue weighted by Gasteiger charge is -2.16. The third kappa shape index (κ3) is 4.09. The molecule has 2 atom stereocenters. The average molecular weight is 477 g/mol. The van der Waals surface area contributed by atoms with Gasteiger partial charge in [0.25, 0.3) is 5.91 Å². The summed E-state index contributed by atoms with van der Waals surface area (Å²) in [4.78, 5) is 30.0. The lowest BCUT2D eigenvalue weighted by Crippen LogP contribution is -2.25. The van der Waals surface area contributed by atoms with Crippen molar-refractivity contribution < 1.29 is 9.59 Å². The molecule has 2 unspecified atom stereocenters. The lowest BCUT2D eigenvalue weighted by atomic mass is 9.97. The molecule has 1 heterocycles. The van der Waals surface area contributed by atoms with E-state index in [2.05, 4.69) is 27.9 Å². The van der Waals surface area contributed by atoms with Gasteiger partial charge in [-0.3, -0.25) is 9.59 Å². The van der Waals surface area contributed by atoms with Crippen molar-refractivity contribution in [1.82, 2.24) is 10.6 Å². The first-order chi connectivity index (χ1) is 16.4. The lowest BCUT2D eigenvalue weighted by molar-refractivity contribution is 0.0954. The van der Waals surface area contributed by atoms with Crippen LogP contribution >= 0.6 is 11.6 Å². The molecule has 1 saturated heterocycles. The first-order valence-electron chi connectivity index (χ1n) is 12.3. The minimum atomic E-state index is -0.265. The van der Waals surface area contributed by atoms with Crippen molar-refractivity contribution in [2.75, 3.05) is 18.4 Å². The molecule has 4 aliphatic rings. The van der Waals surface area contributed by atoms with Crippen LogP contribution in [0.25, 0.3) is 0 Å². The van der Waals surface area contributed by atoms with Crippen LogP contribution in [-0.4, -0.2) is 30.7 Å². The first kappa shape index (κ1) is 21.7. The summed E-state index contributed by atoms with van der Waals surface area (Å²) in [6, 6.07) is 11.3. The van der Waals surface area contributed by atoms with Crippen LogP contribution < -0.4 is 16.0 Å². The second-order valence-electron chi connectivity index (χ2n) is 10.5. The fraction of sp³-hybridized carbons (Fsp3) is 0.444. The van der Waals surface area contributed by atoms with Gasteiger partial charge in [-0.2, -0.15) is 4.99 Å². The van der Waals surface area contributed by atoms with E-state index in [9.17, 15) is 9.59 Å². The summed E-state index contributed by atoms with van der Waals surface area (Å²) in [5.74, 6) is 1.47. The van der Waals surface area contributed by atoms with Crippen molar-refractivity contribution in [2.45, 2.75) is 44.9 Å². The van der Waals surface area contributed by atoms with E-state index in [0.717, 1.165) is 49.3 Å².